The maximum absolute atomic E-state index is 12.1. The number of para-hydroxylation sites is 1. The van der Waals surface area contributed by atoms with Crippen LogP contribution in [0.25, 0.3) is 0 Å². The van der Waals surface area contributed by atoms with Crippen molar-refractivity contribution in [1.82, 2.24) is 14.6 Å². The van der Waals surface area contributed by atoms with Crippen LogP contribution in [0.5, 0.6) is 5.75 Å². The van der Waals surface area contributed by atoms with E-state index in [9.17, 15) is 29.7 Å². The van der Waals surface area contributed by atoms with E-state index in [-0.39, 0.29) is 0 Å². The van der Waals surface area contributed by atoms with Crippen LogP contribution >= 0.6 is 6.64 Å². The van der Waals surface area contributed by atoms with Crippen molar-refractivity contribution in [2.45, 2.75) is 43.9 Å². The molecule has 1 aliphatic heterocycles. The van der Waals surface area contributed by atoms with Crippen molar-refractivity contribution in [3.8, 4) is 5.75 Å². The normalized spacial score (nSPS) is 27.6. The Bertz CT molecular complexity index is 1150. The molecule has 1 saturated heterocycles. The van der Waals surface area contributed by atoms with Crippen molar-refractivity contribution >= 4 is 24.4 Å². The Balaban J connectivity index is 1.80. The molecule has 0 aliphatic carbocycles. The molecule has 1 aromatic heterocycles. The highest BCUT2D eigenvalue weighted by Gasteiger charge is 2.53. The summed E-state index contributed by atoms with van der Waals surface area (Å²) in [6.45, 7) is -1.23. The highest BCUT2D eigenvalue weighted by Crippen LogP contribution is 2.47. The van der Waals surface area contributed by atoms with E-state index in [1.807, 2.05) is 4.98 Å². The van der Waals surface area contributed by atoms with E-state index in [1.54, 1.807) is 30.3 Å². The molecular weight excluding hydrogens is 477 g/mol. The van der Waals surface area contributed by atoms with Gasteiger partial charge >= 0.3 is 18.3 Å². The van der Waals surface area contributed by atoms with E-state index >= 15 is 0 Å². The smallest absolute Gasteiger partial charge is 0.330 e. The van der Waals surface area contributed by atoms with Crippen molar-refractivity contribution in [3.63, 3.8) is 0 Å². The van der Waals surface area contributed by atoms with Crippen LogP contribution in [0.4, 0.5) is 0 Å². The van der Waals surface area contributed by atoms with Gasteiger partial charge in [-0.1, -0.05) is 18.2 Å². The van der Waals surface area contributed by atoms with Crippen molar-refractivity contribution in [2.75, 3.05) is 6.61 Å². The standard InChI is InChI=1S/C19H24N3O9PS/c1-11(16(25)26)21-32(33,31-12-6-4-3-5-7-12)29-10-13-15(24)19(2,28)17(30-13)22-9-8-14(23)20-18(22)27/h3-9,11,13,15,17,24,28H,10H2,1-2H3,(H,21,33)(H,25,26)(H,20,23,27)/t11-,13+,15+,17+,19+,32?/m0/s1. The fourth-order valence-electron chi connectivity index (χ4n) is 3.16. The number of aromatic nitrogens is 2. The van der Waals surface area contributed by atoms with Gasteiger partial charge in [-0.2, -0.15) is 0 Å². The third kappa shape index (κ3) is 5.76. The monoisotopic (exact) mass is 501 g/mol. The van der Waals surface area contributed by atoms with Gasteiger partial charge in [0, 0.05) is 12.3 Å². The molecule has 1 fully saturated rings. The molecule has 2 heterocycles. The lowest BCUT2D eigenvalue weighted by atomic mass is 9.96. The van der Waals surface area contributed by atoms with Gasteiger partial charge in [-0.25, -0.2) is 9.88 Å². The van der Waals surface area contributed by atoms with Crippen molar-refractivity contribution < 1.29 is 33.9 Å². The van der Waals surface area contributed by atoms with Crippen LogP contribution in [0.1, 0.15) is 20.1 Å². The summed E-state index contributed by atoms with van der Waals surface area (Å²) in [5.74, 6) is -0.842. The molecule has 180 valence electrons. The van der Waals surface area contributed by atoms with Crippen LogP contribution in [0.2, 0.25) is 0 Å². The number of aliphatic hydroxyl groups excluding tert-OH is 1. The Hall–Kier alpha value is -2.38. The first-order valence-electron chi connectivity index (χ1n) is 9.80. The van der Waals surface area contributed by atoms with Crippen LogP contribution in [0.15, 0.2) is 52.2 Å². The number of rotatable bonds is 9. The fourth-order valence-corrected chi connectivity index (χ4v) is 5.59. The zero-order valence-electron chi connectivity index (χ0n) is 17.7. The highest BCUT2D eigenvalue weighted by atomic mass is 32.5. The summed E-state index contributed by atoms with van der Waals surface area (Å²) in [6.07, 6.45) is -2.88. The minimum Gasteiger partial charge on any atom is -0.480 e. The SMILES string of the molecule is C[C@H](NP(=S)(OC[C@H]1O[C@@H](n2ccc(=O)[nH]c2=O)[C@](C)(O)[C@@H]1O)Oc1ccccc1)C(=O)O. The summed E-state index contributed by atoms with van der Waals surface area (Å²) in [5, 5.41) is 33.3. The Morgan fingerprint density at radius 2 is 2.03 bits per heavy atom. The fraction of sp³-hybridized carbons (Fsp3) is 0.421. The second-order valence-electron chi connectivity index (χ2n) is 7.60. The van der Waals surface area contributed by atoms with Gasteiger partial charge < -0.3 is 29.1 Å². The number of benzene rings is 1. The van der Waals surface area contributed by atoms with Crippen molar-refractivity contribution in [1.29, 1.82) is 0 Å². The maximum Gasteiger partial charge on any atom is 0.330 e. The van der Waals surface area contributed by atoms with E-state index in [1.165, 1.54) is 13.8 Å². The number of hydrogen-bond acceptors (Lipinski definition) is 9. The number of H-pyrrole nitrogens is 1. The minimum atomic E-state index is -3.47. The summed E-state index contributed by atoms with van der Waals surface area (Å²) in [4.78, 5) is 36.8. The number of hydrogen-bond donors (Lipinski definition) is 5. The zero-order valence-corrected chi connectivity index (χ0v) is 19.4. The molecule has 0 spiro atoms. The first-order chi connectivity index (χ1) is 15.4. The summed E-state index contributed by atoms with van der Waals surface area (Å²) in [6, 6.07) is 8.34. The van der Waals surface area contributed by atoms with Gasteiger partial charge in [-0.05, 0) is 37.8 Å². The number of aliphatic carboxylic acids is 1. The van der Waals surface area contributed by atoms with Crippen LogP contribution in [0, 0.1) is 0 Å². The van der Waals surface area contributed by atoms with Crippen molar-refractivity contribution in [3.05, 3.63) is 63.4 Å². The van der Waals surface area contributed by atoms with Gasteiger partial charge in [0.25, 0.3) is 5.56 Å². The van der Waals surface area contributed by atoms with Crippen LogP contribution < -0.4 is 20.9 Å². The number of aromatic amines is 1. The summed E-state index contributed by atoms with van der Waals surface area (Å²) >= 11 is 5.47. The topological polar surface area (TPSA) is 172 Å². The Labute approximate surface area is 193 Å². The molecule has 3 rings (SSSR count). The van der Waals surface area contributed by atoms with E-state index in [0.717, 1.165) is 16.8 Å². The lowest BCUT2D eigenvalue weighted by molar-refractivity contribution is -0.138. The third-order valence-electron chi connectivity index (χ3n) is 4.96. The Morgan fingerprint density at radius 1 is 1.36 bits per heavy atom. The van der Waals surface area contributed by atoms with E-state index in [4.69, 9.17) is 25.6 Å². The number of carbonyl (C=O) groups is 1. The second-order valence-corrected chi connectivity index (χ2v) is 10.7. The summed E-state index contributed by atoms with van der Waals surface area (Å²) < 4.78 is 18.1. The Morgan fingerprint density at radius 3 is 2.64 bits per heavy atom. The van der Waals surface area contributed by atoms with E-state index < -0.39 is 60.5 Å². The first-order valence-corrected chi connectivity index (χ1v) is 12.4. The van der Waals surface area contributed by atoms with Gasteiger partial charge in [-0.15, -0.1) is 0 Å². The number of ether oxygens (including phenoxy) is 1. The van der Waals surface area contributed by atoms with Crippen LogP contribution in [-0.2, 0) is 25.9 Å². The maximum atomic E-state index is 12.1. The van der Waals surface area contributed by atoms with E-state index in [2.05, 4.69) is 5.09 Å². The van der Waals surface area contributed by atoms with Gasteiger partial charge in [0.05, 0.1) is 6.61 Å². The molecule has 0 amide bonds. The van der Waals surface area contributed by atoms with Gasteiger partial charge in [0.2, 0.25) is 0 Å². The number of carboxylic acid groups (broad SMARTS) is 1. The van der Waals surface area contributed by atoms with Crippen molar-refractivity contribution in [2.24, 2.45) is 0 Å². The quantitative estimate of drug-likeness (QED) is 0.291. The first kappa shape index (κ1) is 25.2. The average molecular weight is 501 g/mol. The molecule has 0 saturated carbocycles. The lowest BCUT2D eigenvalue weighted by Gasteiger charge is -2.28. The molecule has 6 atom stereocenters. The number of nitrogens with zero attached hydrogens (tertiary/aromatic N) is 1. The predicted molar refractivity (Wildman–Crippen MR) is 119 cm³/mol. The van der Waals surface area contributed by atoms with Gasteiger partial charge in [0.1, 0.15) is 29.6 Å². The molecular formula is C19H24N3O9PS. The van der Waals surface area contributed by atoms with Gasteiger partial charge in [0.15, 0.2) is 6.23 Å². The molecule has 33 heavy (non-hydrogen) atoms. The molecule has 5 N–H and O–H groups in total. The molecule has 1 aromatic carbocycles. The number of carboxylic acids is 1. The second kappa shape index (κ2) is 9.85. The molecule has 14 heteroatoms. The largest absolute Gasteiger partial charge is 0.480 e. The molecule has 12 nitrogen and oxygen atoms in total. The number of nitrogens with one attached hydrogen (secondary N) is 2. The van der Waals surface area contributed by atoms with Gasteiger partial charge in [-0.3, -0.25) is 19.1 Å². The summed E-state index contributed by atoms with van der Waals surface area (Å²) in [7, 11) is 0. The lowest BCUT2D eigenvalue weighted by Crippen LogP contribution is -2.47. The zero-order chi connectivity index (χ0) is 24.4. The third-order valence-corrected chi connectivity index (χ3v) is 7.46. The summed E-state index contributed by atoms with van der Waals surface area (Å²) in [5.41, 5.74) is -3.40. The van der Waals surface area contributed by atoms with Crippen LogP contribution in [0.3, 0.4) is 0 Å². The minimum absolute atomic E-state index is 0.337. The van der Waals surface area contributed by atoms with E-state index in [0.29, 0.717) is 5.75 Å². The molecule has 2 aromatic rings. The molecule has 0 radical (unpaired) electrons. The Kier molecular flexibility index (Phi) is 7.54. The number of aliphatic hydroxyl groups is 2. The predicted octanol–water partition coefficient (Wildman–Crippen LogP) is -0.0713. The molecule has 1 aliphatic rings. The van der Waals surface area contributed by atoms with Crippen LogP contribution in [-0.4, -0.2) is 61.3 Å². The molecule has 1 unspecified atom stereocenters. The highest BCUT2D eigenvalue weighted by molar-refractivity contribution is 8.09. The average Bonchev–Trinajstić information content (AvgIpc) is 2.96. The molecule has 0 bridgehead atoms.